The van der Waals surface area contributed by atoms with Crippen molar-refractivity contribution in [3.05, 3.63) is 0 Å². The van der Waals surface area contributed by atoms with Gasteiger partial charge in [-0.05, 0) is 18.6 Å². The molecule has 0 rings (SSSR count). The molecular formula is C22H46O2PS2Zn-. The zero-order chi connectivity index (χ0) is 20.1. The topological polar surface area (TPSA) is 32.3 Å². The molecule has 0 amide bonds. The summed E-state index contributed by atoms with van der Waals surface area (Å²) in [5.74, 6) is 0.883. The Kier molecular flexibility index (Phi) is 28.1. The normalized spacial score (nSPS) is 13.2. The molecule has 0 spiro atoms. The molecule has 0 aromatic heterocycles. The van der Waals surface area contributed by atoms with Crippen LogP contribution >= 0.6 is 17.1 Å². The molecule has 2 nitrogen and oxygen atoms in total. The van der Waals surface area contributed by atoms with Crippen molar-refractivity contribution in [1.82, 2.24) is 0 Å². The van der Waals surface area contributed by atoms with Gasteiger partial charge in [-0.2, -0.15) is 0 Å². The van der Waals surface area contributed by atoms with Crippen LogP contribution in [0.3, 0.4) is 0 Å². The van der Waals surface area contributed by atoms with Gasteiger partial charge < -0.3 is 9.42 Å². The number of hydrogen-bond acceptors (Lipinski definition) is 4. The molecule has 0 aliphatic rings. The summed E-state index contributed by atoms with van der Waals surface area (Å²) in [5.41, 5.74) is -2.84. The number of hydrogen-bond donors (Lipinski definition) is 0. The minimum Gasteiger partial charge on any atom is -0.793 e. The van der Waals surface area contributed by atoms with Crippen molar-refractivity contribution in [2.45, 2.75) is 129 Å². The molecule has 166 valence electrons. The van der Waals surface area contributed by atoms with E-state index in [0.29, 0.717) is 6.61 Å². The molecule has 0 N–H and O–H groups in total. The molecule has 0 aromatic carbocycles. The monoisotopic (exact) mass is 501 g/mol. The van der Waals surface area contributed by atoms with Crippen LogP contribution in [0.2, 0.25) is 0 Å². The van der Waals surface area contributed by atoms with Crippen molar-refractivity contribution in [3.8, 4) is 0 Å². The van der Waals surface area contributed by atoms with E-state index >= 15 is 0 Å². The van der Waals surface area contributed by atoms with Crippen molar-refractivity contribution < 1.29 is 28.9 Å². The van der Waals surface area contributed by atoms with E-state index in [1.807, 2.05) is 0 Å². The Bertz CT molecular complexity index is 318. The zero-order valence-electron chi connectivity index (χ0n) is 18.9. The molecule has 1 atom stereocenters. The average molecular weight is 503 g/mol. The van der Waals surface area contributed by atoms with Gasteiger partial charge in [-0.1, -0.05) is 128 Å². The molecule has 6 heteroatoms. The molecule has 0 saturated carbocycles. The van der Waals surface area contributed by atoms with E-state index in [9.17, 15) is 4.89 Å². The predicted molar refractivity (Wildman–Crippen MR) is 127 cm³/mol. The molecule has 0 aromatic rings. The van der Waals surface area contributed by atoms with Gasteiger partial charge in [0.2, 0.25) is 0 Å². The second kappa shape index (κ2) is 24.8. The van der Waals surface area contributed by atoms with E-state index in [1.54, 1.807) is 0 Å². The van der Waals surface area contributed by atoms with Crippen LogP contribution in [0.4, 0.5) is 0 Å². The second-order valence-corrected chi connectivity index (χ2v) is 13.9. The van der Waals surface area contributed by atoms with Gasteiger partial charge in [-0.15, -0.1) is 11.4 Å². The van der Waals surface area contributed by atoms with Gasteiger partial charge in [-0.3, -0.25) is 0 Å². The summed E-state index contributed by atoms with van der Waals surface area (Å²) >= 11 is 6.54. The van der Waals surface area contributed by atoms with Gasteiger partial charge in [0.15, 0.2) is 0 Å². The Balaban J connectivity index is 0. The summed E-state index contributed by atoms with van der Waals surface area (Å²) in [5, 5.41) is 0. The predicted octanol–water partition coefficient (Wildman–Crippen LogP) is 8.38. The first-order chi connectivity index (χ1) is 13.1. The maximum Gasteiger partial charge on any atom is 0.0513 e. The summed E-state index contributed by atoms with van der Waals surface area (Å²) < 4.78 is 5.51. The van der Waals surface area contributed by atoms with E-state index in [-0.39, 0.29) is 19.5 Å². The van der Waals surface area contributed by atoms with Crippen LogP contribution in [0.5, 0.6) is 0 Å². The molecule has 0 saturated heterocycles. The van der Waals surface area contributed by atoms with Gasteiger partial charge in [0, 0.05) is 25.2 Å². The first kappa shape index (κ1) is 31.7. The smallest absolute Gasteiger partial charge is 0.0513 e. The third-order valence-corrected chi connectivity index (χ3v) is 9.36. The van der Waals surface area contributed by atoms with E-state index in [1.165, 1.54) is 114 Å². The number of rotatable bonds is 22. The van der Waals surface area contributed by atoms with Gasteiger partial charge >= 0.3 is 0 Å². The van der Waals surface area contributed by atoms with Crippen LogP contribution in [0.15, 0.2) is 0 Å². The number of unbranched alkanes of at least 4 members (excludes halogenated alkanes) is 16. The Labute approximate surface area is 198 Å². The molecule has 0 radical (unpaired) electrons. The van der Waals surface area contributed by atoms with Crippen LogP contribution in [-0.2, 0) is 35.8 Å². The van der Waals surface area contributed by atoms with Crippen LogP contribution in [0.25, 0.3) is 0 Å². The third-order valence-electron chi connectivity index (χ3n) is 4.99. The van der Waals surface area contributed by atoms with E-state index in [2.05, 4.69) is 13.8 Å². The fraction of sp³-hybridized carbons (Fsp3) is 1.00. The molecule has 0 aliphatic heterocycles. The van der Waals surface area contributed by atoms with Crippen LogP contribution in [0.1, 0.15) is 129 Å². The molecule has 1 unspecified atom stereocenters. The van der Waals surface area contributed by atoms with Crippen molar-refractivity contribution in [1.29, 1.82) is 0 Å². The standard InChI is InChI=1S/C22H47O2PS2.Zn/c1-3-5-7-9-11-13-15-17-19-21-24-25(23,26)27-22-20-18-16-14-12-10-8-6-4-2;/h3-22H2,1-2H3,(H,23,26);/p-1. The summed E-state index contributed by atoms with van der Waals surface area (Å²) in [4.78, 5) is 12.2. The first-order valence-electron chi connectivity index (χ1n) is 11.7. The Morgan fingerprint density at radius 3 is 1.43 bits per heavy atom. The molecule has 0 aliphatic carbocycles. The SMILES string of the molecule is CCCCCCCCCCCOP([O-])(=S)SCCCCCCCCCCC.[Zn]. The Morgan fingerprint density at radius 2 is 1.00 bits per heavy atom. The van der Waals surface area contributed by atoms with Gasteiger partial charge in [-0.25, -0.2) is 0 Å². The van der Waals surface area contributed by atoms with E-state index < -0.39 is 5.69 Å². The summed E-state index contributed by atoms with van der Waals surface area (Å²) in [6, 6.07) is 0. The van der Waals surface area contributed by atoms with Crippen LogP contribution in [-0.4, -0.2) is 12.4 Å². The summed E-state index contributed by atoms with van der Waals surface area (Å²) in [7, 11) is 0. The molecule has 0 fully saturated rings. The quantitative estimate of drug-likeness (QED) is 0.0845. The van der Waals surface area contributed by atoms with Gasteiger partial charge in [0.05, 0.1) is 6.61 Å². The fourth-order valence-corrected chi connectivity index (χ4v) is 6.60. The molecule has 0 heterocycles. The third kappa shape index (κ3) is 25.6. The Hall–Kier alpha value is 1.54. The Morgan fingerprint density at radius 1 is 0.643 bits per heavy atom. The van der Waals surface area contributed by atoms with E-state index in [0.717, 1.165) is 18.6 Å². The van der Waals surface area contributed by atoms with Gasteiger partial charge in [0.25, 0.3) is 0 Å². The second-order valence-electron chi connectivity index (χ2n) is 7.77. The minimum absolute atomic E-state index is 0. The van der Waals surface area contributed by atoms with Crippen molar-refractivity contribution in [2.24, 2.45) is 0 Å². The van der Waals surface area contributed by atoms with Crippen LogP contribution in [0, 0.1) is 0 Å². The fourth-order valence-electron chi connectivity index (χ4n) is 3.22. The van der Waals surface area contributed by atoms with Crippen molar-refractivity contribution in [2.75, 3.05) is 12.4 Å². The zero-order valence-corrected chi connectivity index (χ0v) is 24.4. The summed E-state index contributed by atoms with van der Waals surface area (Å²) in [6.07, 6.45) is 23.4. The minimum atomic E-state index is -2.84. The maximum absolute atomic E-state index is 12.2. The van der Waals surface area contributed by atoms with Crippen molar-refractivity contribution >= 4 is 28.9 Å². The summed E-state index contributed by atoms with van der Waals surface area (Å²) in [6.45, 7) is 5.09. The molecule has 0 bridgehead atoms. The van der Waals surface area contributed by atoms with Crippen LogP contribution < -0.4 is 4.89 Å². The molecule has 28 heavy (non-hydrogen) atoms. The molecular weight excluding hydrogens is 457 g/mol. The first-order valence-corrected chi connectivity index (χ1v) is 16.0. The maximum atomic E-state index is 12.2. The average Bonchev–Trinajstić information content (AvgIpc) is 2.64. The largest absolute Gasteiger partial charge is 0.793 e. The van der Waals surface area contributed by atoms with Crippen molar-refractivity contribution in [3.63, 3.8) is 0 Å². The van der Waals surface area contributed by atoms with E-state index in [4.69, 9.17) is 16.3 Å². The van der Waals surface area contributed by atoms with Gasteiger partial charge in [0.1, 0.15) is 0 Å².